The molecule has 2 atom stereocenters. The molecule has 0 spiro atoms. The number of hydrogen-bond acceptors (Lipinski definition) is 4. The van der Waals surface area contributed by atoms with E-state index in [2.05, 4.69) is 4.90 Å². The molecule has 0 N–H and O–H groups in total. The average molecular weight is 215 g/mol. The fourth-order valence-electron chi connectivity index (χ4n) is 2.01. The van der Waals surface area contributed by atoms with Crippen molar-refractivity contribution in [1.82, 2.24) is 4.90 Å². The van der Waals surface area contributed by atoms with Crippen molar-refractivity contribution < 1.29 is 14.3 Å². The molecule has 0 amide bonds. The van der Waals surface area contributed by atoms with Crippen LogP contribution in [0.2, 0.25) is 0 Å². The van der Waals surface area contributed by atoms with Gasteiger partial charge in [0.15, 0.2) is 0 Å². The summed E-state index contributed by atoms with van der Waals surface area (Å²) in [5.41, 5.74) is -0.291. The largest absolute Gasteiger partial charge is 0.377 e. The van der Waals surface area contributed by atoms with Crippen molar-refractivity contribution in [2.45, 2.75) is 26.1 Å². The highest BCUT2D eigenvalue weighted by Gasteiger charge is 2.35. The Hall–Kier alpha value is -0.450. The van der Waals surface area contributed by atoms with Gasteiger partial charge in [-0.3, -0.25) is 4.90 Å². The van der Waals surface area contributed by atoms with Gasteiger partial charge >= 0.3 is 0 Å². The Labute approximate surface area is 91.5 Å². The summed E-state index contributed by atoms with van der Waals surface area (Å²) >= 11 is 0. The van der Waals surface area contributed by atoms with E-state index in [0.29, 0.717) is 0 Å². The summed E-state index contributed by atoms with van der Waals surface area (Å²) in [5.74, 6) is 0. The summed E-state index contributed by atoms with van der Waals surface area (Å²) in [6, 6.07) is 0. The predicted molar refractivity (Wildman–Crippen MR) is 57.9 cm³/mol. The van der Waals surface area contributed by atoms with Crippen molar-refractivity contribution in [3.63, 3.8) is 0 Å². The summed E-state index contributed by atoms with van der Waals surface area (Å²) in [6.07, 6.45) is 1.25. The zero-order chi connectivity index (χ0) is 11.5. The molecule has 4 nitrogen and oxygen atoms in total. The van der Waals surface area contributed by atoms with Gasteiger partial charge in [-0.15, -0.1) is 0 Å². The molecule has 0 saturated carbocycles. The smallest absolute Gasteiger partial charge is 0.126 e. The van der Waals surface area contributed by atoms with Crippen molar-refractivity contribution in [3.05, 3.63) is 0 Å². The third-order valence-corrected chi connectivity index (χ3v) is 2.85. The Bertz CT molecular complexity index is 206. The quantitative estimate of drug-likeness (QED) is 0.628. The molecule has 1 aliphatic heterocycles. The molecule has 1 rings (SSSR count). The molecule has 0 bridgehead atoms. The van der Waals surface area contributed by atoms with E-state index < -0.39 is 0 Å². The van der Waals surface area contributed by atoms with Crippen molar-refractivity contribution in [3.8, 4) is 0 Å². The molecule has 1 aliphatic rings. The zero-order valence-corrected chi connectivity index (χ0v) is 10.0. The highest BCUT2D eigenvalue weighted by atomic mass is 16.5. The highest BCUT2D eigenvalue weighted by molar-refractivity contribution is 5.58. The van der Waals surface area contributed by atoms with Crippen molar-refractivity contribution in [2.75, 3.05) is 33.9 Å². The van der Waals surface area contributed by atoms with Crippen LogP contribution < -0.4 is 0 Å². The first-order chi connectivity index (χ1) is 7.02. The van der Waals surface area contributed by atoms with Crippen LogP contribution in [0.3, 0.4) is 0 Å². The van der Waals surface area contributed by atoms with E-state index in [1.165, 1.54) is 0 Å². The van der Waals surface area contributed by atoms with Gasteiger partial charge in [0, 0.05) is 39.3 Å². The average Bonchev–Trinajstić information content (AvgIpc) is 2.59. The van der Waals surface area contributed by atoms with Crippen LogP contribution in [-0.2, 0) is 14.3 Å². The number of nitrogens with zero attached hydrogens (tertiary/aromatic N) is 1. The number of rotatable bonds is 5. The van der Waals surface area contributed by atoms with Crippen LogP contribution in [0.15, 0.2) is 0 Å². The molecule has 88 valence electrons. The minimum atomic E-state index is -0.291. The number of hydrogen-bond donors (Lipinski definition) is 0. The van der Waals surface area contributed by atoms with Crippen LogP contribution in [0.5, 0.6) is 0 Å². The summed E-state index contributed by atoms with van der Waals surface area (Å²) in [4.78, 5) is 13.0. The second kappa shape index (κ2) is 5.05. The molecule has 1 heterocycles. The Morgan fingerprint density at radius 1 is 1.27 bits per heavy atom. The molecular weight excluding hydrogens is 194 g/mol. The molecule has 0 aromatic rings. The molecular formula is C11H21NO3. The van der Waals surface area contributed by atoms with Crippen LogP contribution in [0, 0.1) is 5.41 Å². The lowest BCUT2D eigenvalue weighted by molar-refractivity contribution is -0.115. The topological polar surface area (TPSA) is 38.8 Å². The van der Waals surface area contributed by atoms with Gasteiger partial charge in [0.25, 0.3) is 0 Å². The molecule has 1 saturated heterocycles. The van der Waals surface area contributed by atoms with E-state index in [0.717, 1.165) is 25.9 Å². The second-order valence-corrected chi connectivity index (χ2v) is 4.85. The van der Waals surface area contributed by atoms with Gasteiger partial charge in [-0.1, -0.05) is 13.8 Å². The van der Waals surface area contributed by atoms with Crippen molar-refractivity contribution >= 4 is 6.29 Å². The molecule has 0 aliphatic carbocycles. The van der Waals surface area contributed by atoms with E-state index >= 15 is 0 Å². The molecule has 0 radical (unpaired) electrons. The second-order valence-electron chi connectivity index (χ2n) is 4.85. The Morgan fingerprint density at radius 2 is 1.73 bits per heavy atom. The van der Waals surface area contributed by atoms with Crippen LogP contribution in [0.1, 0.15) is 13.8 Å². The zero-order valence-electron chi connectivity index (χ0n) is 10.0. The third kappa shape index (κ3) is 3.26. The first kappa shape index (κ1) is 12.6. The lowest BCUT2D eigenvalue weighted by atomic mass is 9.95. The number of likely N-dealkylation sites (tertiary alicyclic amines) is 1. The van der Waals surface area contributed by atoms with Gasteiger partial charge in [0.2, 0.25) is 0 Å². The van der Waals surface area contributed by atoms with Gasteiger partial charge in [-0.05, 0) is 0 Å². The van der Waals surface area contributed by atoms with Gasteiger partial charge in [0.1, 0.15) is 6.29 Å². The lowest BCUT2D eigenvalue weighted by Crippen LogP contribution is -2.34. The number of carbonyl (C=O) groups is 1. The molecule has 15 heavy (non-hydrogen) atoms. The van der Waals surface area contributed by atoms with Gasteiger partial charge in [-0.2, -0.15) is 0 Å². The maximum atomic E-state index is 10.8. The SMILES string of the molecule is COC1CN(CC(C)(C)C=O)CC1OC. The van der Waals surface area contributed by atoms with Gasteiger partial charge in [0.05, 0.1) is 12.2 Å². The number of carbonyl (C=O) groups excluding carboxylic acids is 1. The summed E-state index contributed by atoms with van der Waals surface area (Å²) in [6.45, 7) is 6.33. The van der Waals surface area contributed by atoms with Crippen LogP contribution >= 0.6 is 0 Å². The lowest BCUT2D eigenvalue weighted by Gasteiger charge is -2.24. The molecule has 1 fully saturated rings. The monoisotopic (exact) mass is 215 g/mol. The fourth-order valence-corrected chi connectivity index (χ4v) is 2.01. The first-order valence-electron chi connectivity index (χ1n) is 5.26. The van der Waals surface area contributed by atoms with Gasteiger partial charge < -0.3 is 14.3 Å². The van der Waals surface area contributed by atoms with Crippen LogP contribution in [0.25, 0.3) is 0 Å². The standard InChI is InChI=1S/C11H21NO3/c1-11(2,8-13)7-12-5-9(14-3)10(6-12)15-4/h8-10H,5-7H2,1-4H3. The normalized spacial score (nSPS) is 28.3. The molecule has 0 aromatic heterocycles. The maximum absolute atomic E-state index is 10.8. The highest BCUT2D eigenvalue weighted by Crippen LogP contribution is 2.20. The molecule has 4 heteroatoms. The molecule has 0 aromatic carbocycles. The number of methoxy groups -OCH3 is 2. The Balaban J connectivity index is 2.50. The maximum Gasteiger partial charge on any atom is 0.126 e. The third-order valence-electron chi connectivity index (χ3n) is 2.85. The van der Waals surface area contributed by atoms with E-state index in [9.17, 15) is 4.79 Å². The van der Waals surface area contributed by atoms with E-state index in [1.54, 1.807) is 14.2 Å². The van der Waals surface area contributed by atoms with Crippen LogP contribution in [-0.4, -0.2) is 57.2 Å². The summed E-state index contributed by atoms with van der Waals surface area (Å²) < 4.78 is 10.7. The number of aldehydes is 1. The fraction of sp³-hybridized carbons (Fsp3) is 0.909. The van der Waals surface area contributed by atoms with Crippen LogP contribution in [0.4, 0.5) is 0 Å². The Kier molecular flexibility index (Phi) is 4.25. The minimum absolute atomic E-state index is 0.123. The van der Waals surface area contributed by atoms with Crippen molar-refractivity contribution in [1.29, 1.82) is 0 Å². The number of ether oxygens (including phenoxy) is 2. The predicted octanol–water partition coefficient (Wildman–Crippen LogP) is 0.557. The van der Waals surface area contributed by atoms with E-state index in [1.807, 2.05) is 13.8 Å². The summed E-state index contributed by atoms with van der Waals surface area (Å²) in [5, 5.41) is 0. The summed E-state index contributed by atoms with van der Waals surface area (Å²) in [7, 11) is 3.40. The van der Waals surface area contributed by atoms with Crippen molar-refractivity contribution in [2.24, 2.45) is 5.41 Å². The van der Waals surface area contributed by atoms with E-state index in [-0.39, 0.29) is 17.6 Å². The van der Waals surface area contributed by atoms with Gasteiger partial charge in [-0.25, -0.2) is 0 Å². The molecule has 2 unspecified atom stereocenters. The minimum Gasteiger partial charge on any atom is -0.377 e. The van der Waals surface area contributed by atoms with E-state index in [4.69, 9.17) is 9.47 Å². The Morgan fingerprint density at radius 3 is 2.07 bits per heavy atom. The first-order valence-corrected chi connectivity index (χ1v) is 5.26.